The van der Waals surface area contributed by atoms with Crippen LogP contribution in [0.3, 0.4) is 0 Å². The highest BCUT2D eigenvalue weighted by molar-refractivity contribution is 6.30. The van der Waals surface area contributed by atoms with Gasteiger partial charge >= 0.3 is 0 Å². The Morgan fingerprint density at radius 1 is 0.862 bits per heavy atom. The molecule has 2 aromatic carbocycles. The third-order valence-electron chi connectivity index (χ3n) is 5.32. The number of amides is 1. The molecule has 148 valence electrons. The molecule has 1 saturated heterocycles. The van der Waals surface area contributed by atoms with E-state index < -0.39 is 0 Å². The van der Waals surface area contributed by atoms with Crippen LogP contribution >= 0.6 is 11.6 Å². The molecule has 0 saturated carbocycles. The molecule has 0 bridgehead atoms. The molecule has 0 spiro atoms. The Labute approximate surface area is 176 Å². The van der Waals surface area contributed by atoms with Crippen LogP contribution in [0.1, 0.15) is 23.5 Å². The van der Waals surface area contributed by atoms with Gasteiger partial charge in [0, 0.05) is 55.9 Å². The van der Waals surface area contributed by atoms with Crippen molar-refractivity contribution in [3.8, 4) is 0 Å². The molecule has 0 N–H and O–H groups in total. The van der Waals surface area contributed by atoms with Gasteiger partial charge < -0.3 is 9.80 Å². The van der Waals surface area contributed by atoms with Crippen molar-refractivity contribution in [1.29, 1.82) is 0 Å². The van der Waals surface area contributed by atoms with E-state index in [2.05, 4.69) is 27.0 Å². The first-order chi connectivity index (χ1) is 14.2. The first-order valence-electron chi connectivity index (χ1n) is 9.81. The fourth-order valence-electron chi connectivity index (χ4n) is 3.72. The molecule has 3 aromatic rings. The van der Waals surface area contributed by atoms with Gasteiger partial charge in [-0.2, -0.15) is 0 Å². The summed E-state index contributed by atoms with van der Waals surface area (Å²) in [6.07, 6.45) is 3.93. The number of nitrogens with zero attached hydrogens (tertiary/aromatic N) is 4. The van der Waals surface area contributed by atoms with Gasteiger partial charge in [-0.05, 0) is 29.3 Å². The summed E-state index contributed by atoms with van der Waals surface area (Å²) in [5.41, 5.74) is 2.24. The van der Waals surface area contributed by atoms with E-state index in [1.807, 2.05) is 53.4 Å². The van der Waals surface area contributed by atoms with E-state index in [1.165, 1.54) is 0 Å². The smallest absolute Gasteiger partial charge is 0.225 e. The number of piperazine rings is 1. The summed E-state index contributed by atoms with van der Waals surface area (Å²) in [4.78, 5) is 25.8. The summed E-state index contributed by atoms with van der Waals surface area (Å²) in [6, 6.07) is 19.8. The highest BCUT2D eigenvalue weighted by Gasteiger charge is 2.26. The number of halogens is 1. The lowest BCUT2D eigenvalue weighted by Gasteiger charge is -2.35. The fraction of sp³-hybridized carbons (Fsp3) is 0.261. The molecule has 0 aliphatic carbocycles. The van der Waals surface area contributed by atoms with E-state index in [0.717, 1.165) is 30.2 Å². The molecule has 1 aromatic heterocycles. The molecule has 1 aliphatic rings. The zero-order valence-corrected chi connectivity index (χ0v) is 16.9. The van der Waals surface area contributed by atoms with Crippen LogP contribution in [0.2, 0.25) is 5.02 Å². The van der Waals surface area contributed by atoms with Crippen molar-refractivity contribution in [3.05, 3.63) is 89.2 Å². The van der Waals surface area contributed by atoms with Crippen molar-refractivity contribution in [3.63, 3.8) is 0 Å². The van der Waals surface area contributed by atoms with Crippen LogP contribution in [-0.4, -0.2) is 47.0 Å². The minimum atomic E-state index is 0.0106. The maximum Gasteiger partial charge on any atom is 0.225 e. The second-order valence-electron chi connectivity index (χ2n) is 7.14. The highest BCUT2D eigenvalue weighted by atomic mass is 35.5. The van der Waals surface area contributed by atoms with Gasteiger partial charge in [0.25, 0.3) is 0 Å². The van der Waals surface area contributed by atoms with Crippen molar-refractivity contribution in [2.75, 3.05) is 31.1 Å². The third-order valence-corrected chi connectivity index (χ3v) is 5.57. The van der Waals surface area contributed by atoms with Gasteiger partial charge in [-0.15, -0.1) is 0 Å². The number of hydrogen-bond acceptors (Lipinski definition) is 4. The average Bonchev–Trinajstić information content (AvgIpc) is 2.79. The molecule has 1 fully saturated rings. The van der Waals surface area contributed by atoms with Crippen LogP contribution in [0.5, 0.6) is 0 Å². The predicted octanol–water partition coefficient (Wildman–Crippen LogP) is 4.00. The van der Waals surface area contributed by atoms with Gasteiger partial charge in [0.05, 0.1) is 0 Å². The zero-order valence-electron chi connectivity index (χ0n) is 16.1. The summed E-state index contributed by atoms with van der Waals surface area (Å²) >= 11 is 6.06. The van der Waals surface area contributed by atoms with Crippen LogP contribution in [0.15, 0.2) is 73.1 Å². The maximum atomic E-state index is 13.1. The van der Waals surface area contributed by atoms with E-state index in [-0.39, 0.29) is 11.8 Å². The van der Waals surface area contributed by atoms with Crippen LogP contribution in [-0.2, 0) is 4.79 Å². The monoisotopic (exact) mass is 406 g/mol. The molecular weight excluding hydrogens is 384 g/mol. The van der Waals surface area contributed by atoms with E-state index in [4.69, 9.17) is 11.6 Å². The largest absolute Gasteiger partial charge is 0.339 e. The normalized spacial score (nSPS) is 15.2. The molecule has 1 unspecified atom stereocenters. The Kier molecular flexibility index (Phi) is 6.06. The second kappa shape index (κ2) is 9.05. The molecule has 1 aliphatic heterocycles. The Balaban J connectivity index is 1.45. The van der Waals surface area contributed by atoms with Crippen LogP contribution < -0.4 is 4.90 Å². The third kappa shape index (κ3) is 4.74. The molecule has 29 heavy (non-hydrogen) atoms. The summed E-state index contributed by atoms with van der Waals surface area (Å²) in [5, 5.41) is 0.700. The maximum absolute atomic E-state index is 13.1. The first-order valence-corrected chi connectivity index (χ1v) is 10.2. The SMILES string of the molecule is O=C(CC(c1ccccc1)c1ccc(Cl)cc1)N1CCN(c2ncccn2)CC1. The lowest BCUT2D eigenvalue weighted by molar-refractivity contribution is -0.131. The molecule has 1 amide bonds. The summed E-state index contributed by atoms with van der Waals surface area (Å²) in [6.45, 7) is 2.85. The van der Waals surface area contributed by atoms with Crippen LogP contribution in [0.25, 0.3) is 0 Å². The zero-order chi connectivity index (χ0) is 20.1. The molecule has 6 heteroatoms. The fourth-order valence-corrected chi connectivity index (χ4v) is 3.85. The lowest BCUT2D eigenvalue weighted by atomic mass is 9.88. The number of anilines is 1. The minimum Gasteiger partial charge on any atom is -0.339 e. The van der Waals surface area contributed by atoms with Gasteiger partial charge in [-0.3, -0.25) is 4.79 Å². The Hall–Kier alpha value is -2.92. The van der Waals surface area contributed by atoms with Crippen LogP contribution in [0, 0.1) is 0 Å². The Morgan fingerprint density at radius 2 is 1.48 bits per heavy atom. The molecular formula is C23H23ClN4O. The molecule has 4 rings (SSSR count). The van der Waals surface area contributed by atoms with Crippen molar-refractivity contribution >= 4 is 23.5 Å². The first kappa shape index (κ1) is 19.4. The summed E-state index contributed by atoms with van der Waals surface area (Å²) < 4.78 is 0. The number of carbonyl (C=O) groups excluding carboxylic acids is 1. The van der Waals surface area contributed by atoms with Crippen molar-refractivity contribution in [1.82, 2.24) is 14.9 Å². The van der Waals surface area contributed by atoms with E-state index in [9.17, 15) is 4.79 Å². The number of rotatable bonds is 5. The summed E-state index contributed by atoms with van der Waals surface area (Å²) in [5.74, 6) is 0.904. The van der Waals surface area contributed by atoms with Gasteiger partial charge in [-0.25, -0.2) is 9.97 Å². The van der Waals surface area contributed by atoms with Gasteiger partial charge in [0.1, 0.15) is 0 Å². The number of carbonyl (C=O) groups is 1. The Bertz CT molecular complexity index is 926. The summed E-state index contributed by atoms with van der Waals surface area (Å²) in [7, 11) is 0. The van der Waals surface area contributed by atoms with Crippen molar-refractivity contribution in [2.45, 2.75) is 12.3 Å². The van der Waals surface area contributed by atoms with E-state index in [0.29, 0.717) is 24.5 Å². The van der Waals surface area contributed by atoms with Gasteiger partial charge in [0.2, 0.25) is 11.9 Å². The van der Waals surface area contributed by atoms with Crippen LogP contribution in [0.4, 0.5) is 5.95 Å². The molecule has 1 atom stereocenters. The second-order valence-corrected chi connectivity index (χ2v) is 7.57. The van der Waals surface area contributed by atoms with Crippen molar-refractivity contribution in [2.24, 2.45) is 0 Å². The number of benzene rings is 2. The highest BCUT2D eigenvalue weighted by Crippen LogP contribution is 2.30. The topological polar surface area (TPSA) is 49.3 Å². The number of hydrogen-bond donors (Lipinski definition) is 0. The van der Waals surface area contributed by atoms with Gasteiger partial charge in [-0.1, -0.05) is 54.1 Å². The predicted molar refractivity (Wildman–Crippen MR) is 115 cm³/mol. The van der Waals surface area contributed by atoms with Gasteiger partial charge in [0.15, 0.2) is 0 Å². The van der Waals surface area contributed by atoms with Crippen molar-refractivity contribution < 1.29 is 4.79 Å². The average molecular weight is 407 g/mol. The van der Waals surface area contributed by atoms with E-state index in [1.54, 1.807) is 12.4 Å². The molecule has 5 nitrogen and oxygen atoms in total. The standard InChI is InChI=1S/C23H23ClN4O/c24-20-9-7-19(8-10-20)21(18-5-2-1-3-6-18)17-22(29)27-13-15-28(16-14-27)23-25-11-4-12-26-23/h1-12,21H,13-17H2. The Morgan fingerprint density at radius 3 is 2.14 bits per heavy atom. The number of aromatic nitrogens is 2. The lowest BCUT2D eigenvalue weighted by Crippen LogP contribution is -2.49. The minimum absolute atomic E-state index is 0.0106. The molecule has 0 radical (unpaired) electrons. The molecule has 2 heterocycles. The van der Waals surface area contributed by atoms with E-state index >= 15 is 0 Å². The quantitative estimate of drug-likeness (QED) is 0.642.